The molecule has 0 aliphatic carbocycles. The normalized spacial score (nSPS) is 11.8. The van der Waals surface area contributed by atoms with Gasteiger partial charge in [-0.2, -0.15) is 0 Å². The zero-order valence-electron chi connectivity index (χ0n) is 17.0. The van der Waals surface area contributed by atoms with Crippen molar-refractivity contribution in [2.24, 2.45) is 0 Å². The van der Waals surface area contributed by atoms with Gasteiger partial charge in [-0.15, -0.1) is 11.3 Å². The fourth-order valence-electron chi connectivity index (χ4n) is 3.24. The number of hydrogen-bond acceptors (Lipinski definition) is 6. The van der Waals surface area contributed by atoms with Gasteiger partial charge in [-0.25, -0.2) is 4.79 Å². The van der Waals surface area contributed by atoms with Crippen LogP contribution in [0.3, 0.4) is 0 Å². The molecule has 9 heteroatoms. The molecule has 0 saturated heterocycles. The minimum Gasteiger partial charge on any atom is -0.467 e. The molecule has 8 nitrogen and oxygen atoms in total. The van der Waals surface area contributed by atoms with E-state index in [1.54, 1.807) is 35.8 Å². The van der Waals surface area contributed by atoms with Crippen LogP contribution >= 0.6 is 11.3 Å². The third-order valence-electron chi connectivity index (χ3n) is 4.82. The van der Waals surface area contributed by atoms with Gasteiger partial charge < -0.3 is 24.8 Å². The standard InChI is InChI=1S/C23H21N3O5S/c27-21(25-13-16-5-3-9-30-16)14-31-23(29)19(26-22(28)20-8-4-10-32-20)11-15-12-24-18-7-2-1-6-17(15)18/h1-10,12,19,24H,11,13-14H2,(H,25,27)(H,26,28). The number of ether oxygens (including phenoxy) is 1. The van der Waals surface area contributed by atoms with Crippen molar-refractivity contribution < 1.29 is 23.5 Å². The molecule has 0 bridgehead atoms. The molecular formula is C23H21N3O5S. The van der Waals surface area contributed by atoms with Gasteiger partial charge in [-0.3, -0.25) is 9.59 Å². The van der Waals surface area contributed by atoms with E-state index in [-0.39, 0.29) is 18.9 Å². The molecule has 1 aromatic carbocycles. The second-order valence-electron chi connectivity index (χ2n) is 7.03. The molecule has 0 saturated carbocycles. The Morgan fingerprint density at radius 2 is 1.97 bits per heavy atom. The molecule has 0 fully saturated rings. The Balaban J connectivity index is 1.42. The average Bonchev–Trinajstić information content (AvgIpc) is 3.58. The Morgan fingerprint density at radius 1 is 1.09 bits per heavy atom. The van der Waals surface area contributed by atoms with Crippen molar-refractivity contribution in [3.8, 4) is 0 Å². The number of para-hydroxylation sites is 1. The topological polar surface area (TPSA) is 113 Å². The molecule has 4 aromatic rings. The second kappa shape index (κ2) is 9.97. The zero-order chi connectivity index (χ0) is 22.3. The van der Waals surface area contributed by atoms with Gasteiger partial charge in [0.05, 0.1) is 17.7 Å². The summed E-state index contributed by atoms with van der Waals surface area (Å²) in [6, 6.07) is 13.6. The van der Waals surface area contributed by atoms with Crippen molar-refractivity contribution in [1.29, 1.82) is 0 Å². The number of nitrogens with one attached hydrogen (secondary N) is 3. The first-order valence-corrected chi connectivity index (χ1v) is 10.8. The molecule has 1 atom stereocenters. The fraction of sp³-hybridized carbons (Fsp3) is 0.174. The van der Waals surface area contributed by atoms with Crippen molar-refractivity contribution in [1.82, 2.24) is 15.6 Å². The van der Waals surface area contributed by atoms with Gasteiger partial charge in [-0.05, 0) is 35.2 Å². The highest BCUT2D eigenvalue weighted by atomic mass is 32.1. The van der Waals surface area contributed by atoms with Crippen molar-refractivity contribution in [2.45, 2.75) is 19.0 Å². The molecule has 3 N–H and O–H groups in total. The number of aromatic amines is 1. The Hall–Kier alpha value is -3.85. The lowest BCUT2D eigenvalue weighted by atomic mass is 10.0. The van der Waals surface area contributed by atoms with Crippen LogP contribution in [0.4, 0.5) is 0 Å². The Morgan fingerprint density at radius 3 is 2.75 bits per heavy atom. The van der Waals surface area contributed by atoms with Crippen molar-refractivity contribution in [2.75, 3.05) is 6.61 Å². The third kappa shape index (κ3) is 5.25. The van der Waals surface area contributed by atoms with Gasteiger partial charge in [0.1, 0.15) is 11.8 Å². The summed E-state index contributed by atoms with van der Waals surface area (Å²) in [4.78, 5) is 41.1. The maximum atomic E-state index is 12.8. The van der Waals surface area contributed by atoms with E-state index < -0.39 is 24.5 Å². The van der Waals surface area contributed by atoms with Crippen LogP contribution in [0.25, 0.3) is 10.9 Å². The molecule has 1 unspecified atom stereocenters. The van der Waals surface area contributed by atoms with Gasteiger partial charge in [0.25, 0.3) is 11.8 Å². The minimum absolute atomic E-state index is 0.192. The molecule has 0 aliphatic rings. The largest absolute Gasteiger partial charge is 0.467 e. The fourth-order valence-corrected chi connectivity index (χ4v) is 3.86. The van der Waals surface area contributed by atoms with E-state index >= 15 is 0 Å². The number of fused-ring (bicyclic) bond motifs is 1. The van der Waals surface area contributed by atoms with Crippen LogP contribution in [0.15, 0.2) is 70.8 Å². The van der Waals surface area contributed by atoms with Crippen LogP contribution in [0.2, 0.25) is 0 Å². The highest BCUT2D eigenvalue weighted by molar-refractivity contribution is 7.12. The summed E-state index contributed by atoms with van der Waals surface area (Å²) in [5.74, 6) is -0.937. The van der Waals surface area contributed by atoms with Crippen LogP contribution in [-0.4, -0.2) is 35.4 Å². The zero-order valence-corrected chi connectivity index (χ0v) is 17.8. The summed E-state index contributed by atoms with van der Waals surface area (Å²) >= 11 is 1.28. The first-order valence-electron chi connectivity index (χ1n) is 9.95. The number of H-pyrrole nitrogens is 1. The summed E-state index contributed by atoms with van der Waals surface area (Å²) in [5.41, 5.74) is 1.79. The van der Waals surface area contributed by atoms with E-state index in [2.05, 4.69) is 15.6 Å². The minimum atomic E-state index is -0.957. The van der Waals surface area contributed by atoms with Crippen LogP contribution in [-0.2, 0) is 27.3 Å². The first kappa shape index (κ1) is 21.4. The molecule has 3 aromatic heterocycles. The number of amides is 2. The Bertz CT molecular complexity index is 1200. The summed E-state index contributed by atoms with van der Waals surface area (Å²) in [6.45, 7) is -0.268. The van der Waals surface area contributed by atoms with Gasteiger partial charge in [0, 0.05) is 23.5 Å². The number of benzene rings is 1. The highest BCUT2D eigenvalue weighted by Crippen LogP contribution is 2.20. The predicted molar refractivity (Wildman–Crippen MR) is 119 cm³/mol. The van der Waals surface area contributed by atoms with Crippen molar-refractivity contribution in [3.63, 3.8) is 0 Å². The molecule has 4 rings (SSSR count). The van der Waals surface area contributed by atoms with E-state index in [0.717, 1.165) is 16.5 Å². The summed E-state index contributed by atoms with van der Waals surface area (Å²) in [7, 11) is 0. The first-order chi connectivity index (χ1) is 15.6. The average molecular weight is 452 g/mol. The number of furan rings is 1. The van der Waals surface area contributed by atoms with Crippen LogP contribution in [0, 0.1) is 0 Å². The maximum Gasteiger partial charge on any atom is 0.329 e. The second-order valence-corrected chi connectivity index (χ2v) is 7.98. The van der Waals surface area contributed by atoms with Crippen LogP contribution < -0.4 is 10.6 Å². The number of aromatic nitrogens is 1. The monoisotopic (exact) mass is 451 g/mol. The number of thiophene rings is 1. The van der Waals surface area contributed by atoms with Gasteiger partial charge in [0.15, 0.2) is 6.61 Å². The van der Waals surface area contributed by atoms with E-state index in [0.29, 0.717) is 10.6 Å². The lowest BCUT2D eigenvalue weighted by Gasteiger charge is -2.17. The van der Waals surface area contributed by atoms with E-state index in [4.69, 9.17) is 9.15 Å². The van der Waals surface area contributed by atoms with Crippen LogP contribution in [0.5, 0.6) is 0 Å². The molecule has 3 heterocycles. The third-order valence-corrected chi connectivity index (χ3v) is 5.69. The Labute approximate surface area is 187 Å². The van der Waals surface area contributed by atoms with Gasteiger partial charge in [-0.1, -0.05) is 24.3 Å². The SMILES string of the molecule is O=C(COC(=O)C(Cc1c[nH]c2ccccc12)NC(=O)c1cccs1)NCc1ccco1. The Kier molecular flexibility index (Phi) is 6.66. The lowest BCUT2D eigenvalue weighted by molar-refractivity contribution is -0.150. The van der Waals surface area contributed by atoms with Crippen molar-refractivity contribution >= 4 is 40.0 Å². The number of rotatable bonds is 9. The van der Waals surface area contributed by atoms with Gasteiger partial charge in [0.2, 0.25) is 0 Å². The van der Waals surface area contributed by atoms with E-state index in [9.17, 15) is 14.4 Å². The molecule has 32 heavy (non-hydrogen) atoms. The molecule has 0 spiro atoms. The lowest BCUT2D eigenvalue weighted by Crippen LogP contribution is -2.44. The predicted octanol–water partition coefficient (Wildman–Crippen LogP) is 3.02. The maximum absolute atomic E-state index is 12.8. The highest BCUT2D eigenvalue weighted by Gasteiger charge is 2.25. The number of carbonyl (C=O) groups is 3. The number of carbonyl (C=O) groups excluding carboxylic acids is 3. The number of esters is 1. The number of hydrogen-bond donors (Lipinski definition) is 3. The van der Waals surface area contributed by atoms with Gasteiger partial charge >= 0.3 is 5.97 Å². The molecule has 0 radical (unpaired) electrons. The van der Waals surface area contributed by atoms with Crippen LogP contribution in [0.1, 0.15) is 21.0 Å². The van der Waals surface area contributed by atoms with E-state index in [1.807, 2.05) is 24.3 Å². The molecule has 2 amide bonds. The smallest absolute Gasteiger partial charge is 0.329 e. The quantitative estimate of drug-likeness (QED) is 0.339. The molecular weight excluding hydrogens is 430 g/mol. The summed E-state index contributed by atoms with van der Waals surface area (Å²) in [5, 5.41) is 8.08. The van der Waals surface area contributed by atoms with Crippen molar-refractivity contribution in [3.05, 3.63) is 82.6 Å². The molecule has 164 valence electrons. The molecule has 0 aliphatic heterocycles. The summed E-state index contributed by atoms with van der Waals surface area (Å²) < 4.78 is 10.4. The summed E-state index contributed by atoms with van der Waals surface area (Å²) in [6.07, 6.45) is 3.53. The van der Waals surface area contributed by atoms with E-state index in [1.165, 1.54) is 17.6 Å².